The number of methoxy groups -OCH3 is 3. The average Bonchev–Trinajstić information content (AvgIpc) is 3.10. The molecule has 0 aromatic heterocycles. The van der Waals surface area contributed by atoms with Crippen molar-refractivity contribution in [2.24, 2.45) is 0 Å². The lowest BCUT2D eigenvalue weighted by molar-refractivity contribution is -0.134. The minimum absolute atomic E-state index is 0.0979. The molecule has 1 aliphatic rings. The molecule has 0 spiro atoms. The van der Waals surface area contributed by atoms with E-state index in [0.717, 1.165) is 12.8 Å². The van der Waals surface area contributed by atoms with Gasteiger partial charge < -0.3 is 34.7 Å². The number of hydrogen-bond donors (Lipinski definition) is 2. The van der Waals surface area contributed by atoms with E-state index in [2.05, 4.69) is 0 Å². The Labute approximate surface area is 153 Å². The number of nitrogens with two attached hydrogens (primary N) is 1. The fourth-order valence-corrected chi connectivity index (χ4v) is 3.14. The van der Waals surface area contributed by atoms with E-state index in [4.69, 9.17) is 24.7 Å². The van der Waals surface area contributed by atoms with Gasteiger partial charge in [0, 0.05) is 32.5 Å². The smallest absolute Gasteiger partial charge is 0.256 e. The number of aliphatic hydroxyl groups excluding tert-OH is 1. The topological polar surface area (TPSA) is 103 Å². The molecule has 1 aliphatic heterocycles. The summed E-state index contributed by atoms with van der Waals surface area (Å²) in [4.78, 5) is 14.8. The van der Waals surface area contributed by atoms with Gasteiger partial charge in [-0.1, -0.05) is 0 Å². The van der Waals surface area contributed by atoms with Crippen LogP contribution in [0.3, 0.4) is 0 Å². The Hall–Kier alpha value is -2.03. The molecule has 1 heterocycles. The van der Waals surface area contributed by atoms with E-state index in [1.54, 1.807) is 38.2 Å². The predicted molar refractivity (Wildman–Crippen MR) is 96.4 cm³/mol. The van der Waals surface area contributed by atoms with Gasteiger partial charge in [-0.05, 0) is 25.8 Å². The van der Waals surface area contributed by atoms with E-state index in [-0.39, 0.29) is 24.2 Å². The first-order valence-corrected chi connectivity index (χ1v) is 8.57. The molecular weight excluding hydrogens is 340 g/mol. The highest BCUT2D eigenvalue weighted by atomic mass is 16.7. The third-order valence-corrected chi connectivity index (χ3v) is 4.39. The van der Waals surface area contributed by atoms with Gasteiger partial charge in [-0.15, -0.1) is 0 Å². The molecule has 3 N–H and O–H groups in total. The molecule has 1 fully saturated rings. The second-order valence-electron chi connectivity index (χ2n) is 6.30. The van der Waals surface area contributed by atoms with Crippen molar-refractivity contribution >= 4 is 11.6 Å². The third kappa shape index (κ3) is 4.38. The van der Waals surface area contributed by atoms with E-state index < -0.39 is 12.4 Å². The standard InChI is InChI=1S/C18H28N2O6/c1-11(21)10-26-16-9-13(19)12(8-15(16)23-2)17(22)20-7-5-6-14(20)18(24-3)25-4/h8-9,11,14,18,21H,5-7,10,19H2,1-4H3/t11?,14-/m0/s1. The van der Waals surface area contributed by atoms with Crippen molar-refractivity contribution in [2.75, 3.05) is 40.2 Å². The lowest BCUT2D eigenvalue weighted by Gasteiger charge is -2.30. The normalized spacial score (nSPS) is 18.2. The zero-order valence-corrected chi connectivity index (χ0v) is 15.7. The summed E-state index contributed by atoms with van der Waals surface area (Å²) in [6, 6.07) is 2.94. The van der Waals surface area contributed by atoms with Crippen LogP contribution in [0, 0.1) is 0 Å². The molecule has 2 atom stereocenters. The van der Waals surface area contributed by atoms with Crippen LogP contribution in [0.2, 0.25) is 0 Å². The van der Waals surface area contributed by atoms with Crippen LogP contribution in [-0.4, -0.2) is 68.8 Å². The molecule has 2 rings (SSSR count). The Morgan fingerprint density at radius 1 is 1.31 bits per heavy atom. The number of amides is 1. The summed E-state index contributed by atoms with van der Waals surface area (Å²) < 4.78 is 21.5. The van der Waals surface area contributed by atoms with E-state index in [1.807, 2.05) is 0 Å². The molecule has 0 saturated carbocycles. The van der Waals surface area contributed by atoms with Crippen LogP contribution >= 0.6 is 0 Å². The second kappa shape index (κ2) is 9.07. The first kappa shape index (κ1) is 20.3. The van der Waals surface area contributed by atoms with Gasteiger partial charge in [0.1, 0.15) is 6.61 Å². The summed E-state index contributed by atoms with van der Waals surface area (Å²) in [5, 5.41) is 9.38. The molecule has 146 valence electrons. The van der Waals surface area contributed by atoms with Crippen molar-refractivity contribution < 1.29 is 28.8 Å². The molecule has 0 aliphatic carbocycles. The number of nitrogens with zero attached hydrogens (tertiary/aromatic N) is 1. The summed E-state index contributed by atoms with van der Waals surface area (Å²) in [6.07, 6.45) is 0.544. The molecule has 1 unspecified atom stereocenters. The van der Waals surface area contributed by atoms with Crippen LogP contribution in [0.25, 0.3) is 0 Å². The molecule has 1 aromatic rings. The molecule has 0 radical (unpaired) electrons. The lowest BCUT2D eigenvalue weighted by atomic mass is 10.1. The van der Waals surface area contributed by atoms with Gasteiger partial charge in [0.05, 0.1) is 24.8 Å². The van der Waals surface area contributed by atoms with Gasteiger partial charge in [-0.25, -0.2) is 0 Å². The number of hydrogen-bond acceptors (Lipinski definition) is 7. The van der Waals surface area contributed by atoms with Crippen molar-refractivity contribution in [3.63, 3.8) is 0 Å². The average molecular weight is 368 g/mol. The van der Waals surface area contributed by atoms with Crippen molar-refractivity contribution in [2.45, 2.75) is 38.2 Å². The monoisotopic (exact) mass is 368 g/mol. The van der Waals surface area contributed by atoms with Gasteiger partial charge in [-0.2, -0.15) is 0 Å². The quantitative estimate of drug-likeness (QED) is 0.526. The molecule has 26 heavy (non-hydrogen) atoms. The zero-order valence-electron chi connectivity index (χ0n) is 15.7. The fourth-order valence-electron chi connectivity index (χ4n) is 3.14. The minimum Gasteiger partial charge on any atom is -0.493 e. The number of carbonyl (C=O) groups excluding carboxylic acids is 1. The minimum atomic E-state index is -0.632. The maximum absolute atomic E-state index is 13.1. The first-order chi connectivity index (χ1) is 12.4. The summed E-state index contributed by atoms with van der Waals surface area (Å²) in [6.45, 7) is 2.32. The van der Waals surface area contributed by atoms with Gasteiger partial charge in [0.25, 0.3) is 5.91 Å². The van der Waals surface area contributed by atoms with Gasteiger partial charge in [-0.3, -0.25) is 4.79 Å². The van der Waals surface area contributed by atoms with Crippen molar-refractivity contribution in [3.05, 3.63) is 17.7 Å². The SMILES string of the molecule is COc1cc(C(=O)N2CCC[C@H]2C(OC)OC)c(N)cc1OCC(C)O. The highest BCUT2D eigenvalue weighted by Gasteiger charge is 2.36. The van der Waals surface area contributed by atoms with Gasteiger partial charge >= 0.3 is 0 Å². The maximum Gasteiger partial charge on any atom is 0.256 e. The zero-order chi connectivity index (χ0) is 19.3. The Kier molecular flexibility index (Phi) is 7.07. The molecular formula is C18H28N2O6. The van der Waals surface area contributed by atoms with E-state index >= 15 is 0 Å². The summed E-state index contributed by atoms with van der Waals surface area (Å²) in [5.74, 6) is 0.561. The summed E-state index contributed by atoms with van der Waals surface area (Å²) in [5.41, 5.74) is 6.72. The van der Waals surface area contributed by atoms with Crippen molar-refractivity contribution in [1.29, 1.82) is 0 Å². The summed E-state index contributed by atoms with van der Waals surface area (Å²) in [7, 11) is 4.60. The highest BCUT2D eigenvalue weighted by molar-refractivity contribution is 6.00. The van der Waals surface area contributed by atoms with Crippen molar-refractivity contribution in [3.8, 4) is 11.5 Å². The van der Waals surface area contributed by atoms with E-state index in [1.165, 1.54) is 7.11 Å². The number of carbonyl (C=O) groups is 1. The lowest BCUT2D eigenvalue weighted by Crippen LogP contribution is -2.44. The number of nitrogen functional groups attached to an aromatic ring is 1. The van der Waals surface area contributed by atoms with Crippen LogP contribution in [0.5, 0.6) is 11.5 Å². The third-order valence-electron chi connectivity index (χ3n) is 4.39. The molecule has 1 saturated heterocycles. The molecule has 1 amide bonds. The van der Waals surface area contributed by atoms with Crippen LogP contribution in [0.4, 0.5) is 5.69 Å². The Bertz CT molecular complexity index is 618. The molecule has 1 aromatic carbocycles. The Morgan fingerprint density at radius 3 is 2.58 bits per heavy atom. The van der Waals surface area contributed by atoms with E-state index in [0.29, 0.717) is 23.6 Å². The molecule has 8 heteroatoms. The first-order valence-electron chi connectivity index (χ1n) is 8.57. The molecule has 8 nitrogen and oxygen atoms in total. The number of aliphatic hydroxyl groups is 1. The van der Waals surface area contributed by atoms with Gasteiger partial charge in [0.2, 0.25) is 0 Å². The number of benzene rings is 1. The van der Waals surface area contributed by atoms with Crippen LogP contribution in [0.15, 0.2) is 12.1 Å². The highest BCUT2D eigenvalue weighted by Crippen LogP contribution is 2.34. The number of likely N-dealkylation sites (tertiary alicyclic amines) is 1. The Balaban J connectivity index is 2.28. The van der Waals surface area contributed by atoms with Crippen molar-refractivity contribution in [1.82, 2.24) is 4.90 Å². The Morgan fingerprint density at radius 2 is 2.00 bits per heavy atom. The van der Waals surface area contributed by atoms with Gasteiger partial charge in [0.15, 0.2) is 17.8 Å². The molecule has 0 bridgehead atoms. The van der Waals surface area contributed by atoms with Crippen LogP contribution in [-0.2, 0) is 9.47 Å². The van der Waals surface area contributed by atoms with Crippen LogP contribution < -0.4 is 15.2 Å². The second-order valence-corrected chi connectivity index (χ2v) is 6.30. The largest absolute Gasteiger partial charge is 0.493 e. The maximum atomic E-state index is 13.1. The fraction of sp³-hybridized carbons (Fsp3) is 0.611. The number of rotatable bonds is 8. The van der Waals surface area contributed by atoms with Crippen LogP contribution in [0.1, 0.15) is 30.1 Å². The number of anilines is 1. The summed E-state index contributed by atoms with van der Waals surface area (Å²) >= 11 is 0. The predicted octanol–water partition coefficient (Wildman–Crippen LogP) is 1.26. The number of ether oxygens (including phenoxy) is 4. The van der Waals surface area contributed by atoms with E-state index in [9.17, 15) is 9.90 Å².